The van der Waals surface area contributed by atoms with Crippen LogP contribution in [-0.4, -0.2) is 26.2 Å². The molecule has 1 aromatic carbocycles. The van der Waals surface area contributed by atoms with Crippen LogP contribution in [0.25, 0.3) is 10.2 Å². The van der Waals surface area contributed by atoms with Crippen LogP contribution in [0.3, 0.4) is 0 Å². The van der Waals surface area contributed by atoms with Crippen molar-refractivity contribution in [3.8, 4) is 0 Å². The van der Waals surface area contributed by atoms with Gasteiger partial charge in [0.25, 0.3) is 0 Å². The van der Waals surface area contributed by atoms with Gasteiger partial charge in [-0.3, -0.25) is 4.79 Å². The maximum absolute atomic E-state index is 12.2. The Labute approximate surface area is 151 Å². The van der Waals surface area contributed by atoms with Gasteiger partial charge >= 0.3 is 0 Å². The van der Waals surface area contributed by atoms with Crippen LogP contribution < -0.4 is 5.32 Å². The number of nitrogens with zero attached hydrogens (tertiary/aromatic N) is 3. The molecule has 4 rings (SSSR count). The Bertz CT molecular complexity index is 958. The molecule has 25 heavy (non-hydrogen) atoms. The minimum absolute atomic E-state index is 0.100. The summed E-state index contributed by atoms with van der Waals surface area (Å²) in [6.45, 7) is 0.592. The van der Waals surface area contributed by atoms with E-state index in [0.29, 0.717) is 11.7 Å². The number of carbonyl (C=O) groups is 1. The van der Waals surface area contributed by atoms with Gasteiger partial charge in [-0.25, -0.2) is 9.97 Å². The lowest BCUT2D eigenvalue weighted by molar-refractivity contribution is -0.113. The van der Waals surface area contributed by atoms with E-state index >= 15 is 0 Å². The highest BCUT2D eigenvalue weighted by molar-refractivity contribution is 7.99. The van der Waals surface area contributed by atoms with Gasteiger partial charge in [0.15, 0.2) is 10.3 Å². The minimum atomic E-state index is -0.100. The van der Waals surface area contributed by atoms with Crippen LogP contribution in [0.2, 0.25) is 0 Å². The summed E-state index contributed by atoms with van der Waals surface area (Å²) in [5.41, 5.74) is 0.893. The quantitative estimate of drug-likeness (QED) is 0.522. The summed E-state index contributed by atoms with van der Waals surface area (Å²) in [4.78, 5) is 20.9. The van der Waals surface area contributed by atoms with E-state index in [9.17, 15) is 4.79 Å². The molecular weight excluding hydrogens is 356 g/mol. The number of amides is 1. The fourth-order valence-electron chi connectivity index (χ4n) is 2.34. The molecule has 0 fully saturated rings. The van der Waals surface area contributed by atoms with Crippen LogP contribution in [0, 0.1) is 0 Å². The Morgan fingerprint density at radius 3 is 3.04 bits per heavy atom. The van der Waals surface area contributed by atoms with E-state index in [0.717, 1.165) is 21.1 Å². The number of carbonyl (C=O) groups excluding carboxylic acids is 1. The van der Waals surface area contributed by atoms with Crippen molar-refractivity contribution in [3.05, 3.63) is 60.8 Å². The summed E-state index contributed by atoms with van der Waals surface area (Å²) in [6, 6.07) is 11.6. The van der Waals surface area contributed by atoms with Crippen LogP contribution in [0.15, 0.2) is 64.6 Å². The Hall–Kier alpha value is -2.58. The third kappa shape index (κ3) is 3.75. The van der Waals surface area contributed by atoms with Gasteiger partial charge in [0, 0.05) is 12.4 Å². The fourth-order valence-corrected chi connectivity index (χ4v) is 3.98. The molecule has 126 valence electrons. The average Bonchev–Trinajstić information content (AvgIpc) is 3.33. The maximum atomic E-state index is 12.2. The average molecular weight is 370 g/mol. The van der Waals surface area contributed by atoms with E-state index in [4.69, 9.17) is 4.42 Å². The summed E-state index contributed by atoms with van der Waals surface area (Å²) in [6.07, 6.45) is 5.23. The van der Waals surface area contributed by atoms with Gasteiger partial charge in [-0.15, -0.1) is 0 Å². The van der Waals surface area contributed by atoms with Crippen LogP contribution in [0.1, 0.15) is 5.76 Å². The number of para-hydroxylation sites is 1. The third-order valence-electron chi connectivity index (χ3n) is 3.46. The normalized spacial score (nSPS) is 11.0. The number of thioether (sulfide) groups is 1. The number of imidazole rings is 1. The molecule has 0 aliphatic carbocycles. The second-order valence-corrected chi connectivity index (χ2v) is 7.21. The maximum Gasteiger partial charge on any atom is 0.236 e. The molecule has 0 aliphatic rings. The number of furan rings is 1. The zero-order valence-corrected chi connectivity index (χ0v) is 14.7. The van der Waals surface area contributed by atoms with E-state index in [2.05, 4.69) is 15.3 Å². The van der Waals surface area contributed by atoms with Crippen molar-refractivity contribution >= 4 is 44.4 Å². The molecule has 0 unspecified atom stereocenters. The standard InChI is InChI=1S/C17H14N4O2S2/c22-15(20-16-19-13-5-1-2-6-14(13)25-16)11-24-17-18-7-8-21(17)10-12-4-3-9-23-12/h1-9H,10-11H2,(H,19,20,22). The lowest BCUT2D eigenvalue weighted by Gasteiger charge is -2.05. The Balaban J connectivity index is 1.36. The number of rotatable bonds is 6. The fraction of sp³-hybridized carbons (Fsp3) is 0.118. The number of aromatic nitrogens is 3. The molecular formula is C17H14N4O2S2. The van der Waals surface area contributed by atoms with Gasteiger partial charge in [-0.1, -0.05) is 35.2 Å². The lowest BCUT2D eigenvalue weighted by Crippen LogP contribution is -2.14. The van der Waals surface area contributed by atoms with Gasteiger partial charge in [0.1, 0.15) is 5.76 Å². The van der Waals surface area contributed by atoms with Gasteiger partial charge in [0.05, 0.1) is 28.8 Å². The Morgan fingerprint density at radius 2 is 2.20 bits per heavy atom. The molecule has 0 radical (unpaired) electrons. The van der Waals surface area contributed by atoms with Crippen molar-refractivity contribution in [2.24, 2.45) is 0 Å². The largest absolute Gasteiger partial charge is 0.467 e. The number of thiazole rings is 1. The molecule has 0 spiro atoms. The van der Waals surface area contributed by atoms with Gasteiger partial charge in [0.2, 0.25) is 5.91 Å². The lowest BCUT2D eigenvalue weighted by atomic mass is 10.3. The van der Waals surface area contributed by atoms with Crippen LogP contribution >= 0.6 is 23.1 Å². The zero-order valence-electron chi connectivity index (χ0n) is 13.1. The topological polar surface area (TPSA) is 73.0 Å². The number of hydrogen-bond donors (Lipinski definition) is 1. The Morgan fingerprint density at radius 1 is 1.28 bits per heavy atom. The highest BCUT2D eigenvalue weighted by Crippen LogP contribution is 2.26. The van der Waals surface area contributed by atoms with Crippen molar-refractivity contribution in [2.45, 2.75) is 11.7 Å². The minimum Gasteiger partial charge on any atom is -0.467 e. The molecule has 0 saturated carbocycles. The van der Waals surface area contributed by atoms with Gasteiger partial charge in [-0.2, -0.15) is 0 Å². The smallest absolute Gasteiger partial charge is 0.236 e. The predicted molar refractivity (Wildman–Crippen MR) is 99.0 cm³/mol. The molecule has 4 aromatic rings. The highest BCUT2D eigenvalue weighted by atomic mass is 32.2. The van der Waals surface area contributed by atoms with Crippen molar-refractivity contribution in [1.29, 1.82) is 0 Å². The number of hydrogen-bond acceptors (Lipinski definition) is 6. The summed E-state index contributed by atoms with van der Waals surface area (Å²) >= 11 is 2.85. The van der Waals surface area contributed by atoms with E-state index < -0.39 is 0 Å². The molecule has 0 saturated heterocycles. The molecule has 3 heterocycles. The van der Waals surface area contributed by atoms with E-state index in [1.165, 1.54) is 23.1 Å². The summed E-state index contributed by atoms with van der Waals surface area (Å²) in [7, 11) is 0. The third-order valence-corrected chi connectivity index (χ3v) is 5.41. The number of anilines is 1. The first-order chi connectivity index (χ1) is 12.3. The van der Waals surface area contributed by atoms with Crippen molar-refractivity contribution < 1.29 is 9.21 Å². The number of nitrogens with one attached hydrogen (secondary N) is 1. The van der Waals surface area contributed by atoms with Gasteiger partial charge < -0.3 is 14.3 Å². The van der Waals surface area contributed by atoms with E-state index in [1.54, 1.807) is 12.5 Å². The second-order valence-electron chi connectivity index (χ2n) is 5.24. The molecule has 0 aliphatic heterocycles. The Kier molecular flexibility index (Phi) is 4.53. The SMILES string of the molecule is O=C(CSc1nccn1Cc1ccco1)Nc1nc2ccccc2s1. The number of benzene rings is 1. The van der Waals surface area contributed by atoms with Crippen molar-refractivity contribution in [3.63, 3.8) is 0 Å². The molecule has 1 amide bonds. The predicted octanol–water partition coefficient (Wildman–Crippen LogP) is 3.86. The number of fused-ring (bicyclic) bond motifs is 1. The second kappa shape index (κ2) is 7.12. The van der Waals surface area contributed by atoms with Crippen molar-refractivity contribution in [2.75, 3.05) is 11.1 Å². The van der Waals surface area contributed by atoms with Crippen LogP contribution in [-0.2, 0) is 11.3 Å². The molecule has 1 N–H and O–H groups in total. The molecule has 0 atom stereocenters. The first-order valence-electron chi connectivity index (χ1n) is 7.60. The van der Waals surface area contributed by atoms with Crippen LogP contribution in [0.4, 0.5) is 5.13 Å². The summed E-state index contributed by atoms with van der Waals surface area (Å²) < 4.78 is 8.36. The monoisotopic (exact) mass is 370 g/mol. The molecule has 6 nitrogen and oxygen atoms in total. The molecule has 8 heteroatoms. The van der Waals surface area contributed by atoms with E-state index in [1.807, 2.05) is 47.2 Å². The highest BCUT2D eigenvalue weighted by Gasteiger charge is 2.11. The first-order valence-corrected chi connectivity index (χ1v) is 9.40. The van der Waals surface area contributed by atoms with Crippen LogP contribution in [0.5, 0.6) is 0 Å². The summed E-state index contributed by atoms with van der Waals surface area (Å²) in [5.74, 6) is 1.01. The first kappa shape index (κ1) is 15.9. The van der Waals surface area contributed by atoms with Gasteiger partial charge in [-0.05, 0) is 24.3 Å². The van der Waals surface area contributed by atoms with E-state index in [-0.39, 0.29) is 11.7 Å². The van der Waals surface area contributed by atoms with Crippen molar-refractivity contribution in [1.82, 2.24) is 14.5 Å². The zero-order chi connectivity index (χ0) is 17.1. The summed E-state index contributed by atoms with van der Waals surface area (Å²) in [5, 5.41) is 4.24. The molecule has 0 bridgehead atoms. The molecule has 3 aromatic heterocycles.